The molecule has 0 spiro atoms. The standard InChI is InChI=1S/C19H22N4O3.ClH/c1-13(19(24)21-17-9-5-6-10-18(17)23(25)26)22-11-15(16(20)12-22)14-7-3-2-4-8-14;/h2-10,13,15-16H,11-12,20H2,1H3,(H,21,24);1H/t13?,15-,16+;/m0./s1. The van der Waals surface area contributed by atoms with Crippen LogP contribution >= 0.6 is 12.4 Å². The molecule has 1 heterocycles. The molecule has 0 aliphatic carbocycles. The molecule has 1 aliphatic rings. The topological polar surface area (TPSA) is 101 Å². The molecular weight excluding hydrogens is 368 g/mol. The van der Waals surface area contributed by atoms with Crippen molar-refractivity contribution in [3.05, 3.63) is 70.3 Å². The Morgan fingerprint density at radius 3 is 2.48 bits per heavy atom. The number of halogens is 1. The van der Waals surface area contributed by atoms with Crippen molar-refractivity contribution in [1.82, 2.24) is 4.90 Å². The fraction of sp³-hybridized carbons (Fsp3) is 0.316. The van der Waals surface area contributed by atoms with Gasteiger partial charge in [-0.1, -0.05) is 42.5 Å². The number of nitro groups is 1. The number of rotatable bonds is 5. The SMILES string of the molecule is CC(C(=O)Nc1ccccc1[N+](=O)[O-])N1C[C@@H](N)[C@H](c2ccccc2)C1.Cl. The van der Waals surface area contributed by atoms with E-state index in [9.17, 15) is 14.9 Å². The molecule has 1 saturated heterocycles. The lowest BCUT2D eigenvalue weighted by Gasteiger charge is -2.23. The number of carbonyl (C=O) groups is 1. The highest BCUT2D eigenvalue weighted by atomic mass is 35.5. The van der Waals surface area contributed by atoms with Gasteiger partial charge in [-0.05, 0) is 18.6 Å². The van der Waals surface area contributed by atoms with Crippen LogP contribution < -0.4 is 11.1 Å². The maximum atomic E-state index is 12.6. The number of hydrogen-bond donors (Lipinski definition) is 2. The van der Waals surface area contributed by atoms with Gasteiger partial charge in [0.25, 0.3) is 5.69 Å². The zero-order chi connectivity index (χ0) is 18.7. The van der Waals surface area contributed by atoms with Gasteiger partial charge in [-0.2, -0.15) is 0 Å². The fourth-order valence-corrected chi connectivity index (χ4v) is 3.37. The van der Waals surface area contributed by atoms with Crippen LogP contribution in [-0.2, 0) is 4.79 Å². The Morgan fingerprint density at radius 2 is 1.81 bits per heavy atom. The van der Waals surface area contributed by atoms with E-state index in [1.54, 1.807) is 19.1 Å². The van der Waals surface area contributed by atoms with Gasteiger partial charge in [0.15, 0.2) is 0 Å². The van der Waals surface area contributed by atoms with Crippen molar-refractivity contribution in [1.29, 1.82) is 0 Å². The molecule has 0 radical (unpaired) electrons. The van der Waals surface area contributed by atoms with E-state index in [0.717, 1.165) is 5.56 Å². The first-order chi connectivity index (χ1) is 12.5. The van der Waals surface area contributed by atoms with Crippen LogP contribution in [0.3, 0.4) is 0 Å². The van der Waals surface area contributed by atoms with E-state index in [1.165, 1.54) is 12.1 Å². The minimum atomic E-state index is -0.502. The summed E-state index contributed by atoms with van der Waals surface area (Å²) in [7, 11) is 0. The predicted molar refractivity (Wildman–Crippen MR) is 107 cm³/mol. The van der Waals surface area contributed by atoms with Crippen LogP contribution in [0.5, 0.6) is 0 Å². The summed E-state index contributed by atoms with van der Waals surface area (Å²) in [5.41, 5.74) is 7.54. The molecule has 3 N–H and O–H groups in total. The van der Waals surface area contributed by atoms with Crippen molar-refractivity contribution >= 4 is 29.7 Å². The van der Waals surface area contributed by atoms with Gasteiger partial charge < -0.3 is 11.1 Å². The van der Waals surface area contributed by atoms with E-state index >= 15 is 0 Å². The molecule has 2 aromatic carbocycles. The molecule has 2 aromatic rings. The molecule has 3 rings (SSSR count). The van der Waals surface area contributed by atoms with Gasteiger partial charge in [-0.25, -0.2) is 0 Å². The number of anilines is 1. The second-order valence-corrected chi connectivity index (χ2v) is 6.57. The van der Waals surface area contributed by atoms with Gasteiger partial charge in [0.05, 0.1) is 11.0 Å². The average molecular weight is 391 g/mol. The van der Waals surface area contributed by atoms with Crippen LogP contribution in [0.15, 0.2) is 54.6 Å². The maximum Gasteiger partial charge on any atom is 0.292 e. The predicted octanol–water partition coefficient (Wildman–Crippen LogP) is 2.77. The van der Waals surface area contributed by atoms with Crippen molar-refractivity contribution < 1.29 is 9.72 Å². The first-order valence-corrected chi connectivity index (χ1v) is 8.56. The van der Waals surface area contributed by atoms with Crippen molar-refractivity contribution in [2.75, 3.05) is 18.4 Å². The Balaban J connectivity index is 0.00000261. The number of amides is 1. The minimum Gasteiger partial charge on any atom is -0.326 e. The number of para-hydroxylation sites is 2. The maximum absolute atomic E-state index is 12.6. The van der Waals surface area contributed by atoms with Crippen molar-refractivity contribution in [2.45, 2.75) is 24.9 Å². The summed E-state index contributed by atoms with van der Waals surface area (Å²) in [4.78, 5) is 25.2. The average Bonchev–Trinajstić information content (AvgIpc) is 3.03. The van der Waals surface area contributed by atoms with Crippen LogP contribution in [0, 0.1) is 10.1 Å². The number of nitro benzene ring substituents is 1. The molecule has 7 nitrogen and oxygen atoms in total. The zero-order valence-corrected chi connectivity index (χ0v) is 15.8. The third-order valence-corrected chi connectivity index (χ3v) is 4.91. The van der Waals surface area contributed by atoms with Crippen molar-refractivity contribution in [2.24, 2.45) is 5.73 Å². The van der Waals surface area contributed by atoms with Crippen LogP contribution in [0.4, 0.5) is 11.4 Å². The van der Waals surface area contributed by atoms with Crippen molar-refractivity contribution in [3.8, 4) is 0 Å². The molecule has 0 bridgehead atoms. The minimum absolute atomic E-state index is 0. The van der Waals surface area contributed by atoms with E-state index in [4.69, 9.17) is 5.73 Å². The van der Waals surface area contributed by atoms with E-state index < -0.39 is 11.0 Å². The third kappa shape index (κ3) is 4.63. The summed E-state index contributed by atoms with van der Waals surface area (Å²) in [6.07, 6.45) is 0. The molecule has 1 aliphatic heterocycles. The molecule has 1 amide bonds. The largest absolute Gasteiger partial charge is 0.326 e. The smallest absolute Gasteiger partial charge is 0.292 e. The first kappa shape index (κ1) is 20.8. The number of nitrogens with zero attached hydrogens (tertiary/aromatic N) is 2. The fourth-order valence-electron chi connectivity index (χ4n) is 3.37. The van der Waals surface area contributed by atoms with Gasteiger partial charge in [0, 0.05) is 31.1 Å². The zero-order valence-electron chi connectivity index (χ0n) is 14.9. The lowest BCUT2D eigenvalue weighted by Crippen LogP contribution is -2.41. The second-order valence-electron chi connectivity index (χ2n) is 6.57. The number of carbonyl (C=O) groups excluding carboxylic acids is 1. The molecule has 1 fully saturated rings. The number of hydrogen-bond acceptors (Lipinski definition) is 5. The Labute approximate surface area is 164 Å². The van der Waals surface area contributed by atoms with E-state index in [1.807, 2.05) is 35.2 Å². The summed E-state index contributed by atoms with van der Waals surface area (Å²) in [5.74, 6) is -0.113. The lowest BCUT2D eigenvalue weighted by molar-refractivity contribution is -0.383. The summed E-state index contributed by atoms with van der Waals surface area (Å²) >= 11 is 0. The molecule has 0 aromatic heterocycles. The van der Waals surface area contributed by atoms with Gasteiger partial charge >= 0.3 is 0 Å². The molecule has 3 atom stereocenters. The first-order valence-electron chi connectivity index (χ1n) is 8.56. The van der Waals surface area contributed by atoms with E-state index in [0.29, 0.717) is 13.1 Å². The number of nitrogens with two attached hydrogens (primary N) is 1. The van der Waals surface area contributed by atoms with Gasteiger partial charge in [-0.3, -0.25) is 19.8 Å². The van der Waals surface area contributed by atoms with Crippen LogP contribution in [-0.4, -0.2) is 40.9 Å². The number of benzene rings is 2. The highest BCUT2D eigenvalue weighted by molar-refractivity contribution is 5.96. The molecule has 1 unspecified atom stereocenters. The number of nitrogens with one attached hydrogen (secondary N) is 1. The Kier molecular flexibility index (Phi) is 6.90. The highest BCUT2D eigenvalue weighted by Crippen LogP contribution is 2.28. The summed E-state index contributed by atoms with van der Waals surface area (Å²) in [6, 6.07) is 15.7. The summed E-state index contributed by atoms with van der Waals surface area (Å²) in [5, 5.41) is 13.8. The molecule has 0 saturated carbocycles. The molecular formula is C19H23ClN4O3. The molecule has 8 heteroatoms. The number of likely N-dealkylation sites (tertiary alicyclic amines) is 1. The second kappa shape index (κ2) is 8.94. The quantitative estimate of drug-likeness (QED) is 0.603. The van der Waals surface area contributed by atoms with Crippen LogP contribution in [0.25, 0.3) is 0 Å². The van der Waals surface area contributed by atoms with E-state index in [2.05, 4.69) is 5.32 Å². The van der Waals surface area contributed by atoms with Gasteiger partial charge in [0.2, 0.25) is 5.91 Å². The lowest BCUT2D eigenvalue weighted by atomic mass is 9.95. The molecule has 144 valence electrons. The van der Waals surface area contributed by atoms with Gasteiger partial charge in [-0.15, -0.1) is 12.4 Å². The summed E-state index contributed by atoms with van der Waals surface area (Å²) < 4.78 is 0. The Hall–Kier alpha value is -2.48. The Bertz CT molecular complexity index is 803. The van der Waals surface area contributed by atoms with Gasteiger partial charge in [0.1, 0.15) is 5.69 Å². The normalized spacial score (nSPS) is 20.5. The van der Waals surface area contributed by atoms with E-state index in [-0.39, 0.29) is 41.6 Å². The monoisotopic (exact) mass is 390 g/mol. The third-order valence-electron chi connectivity index (χ3n) is 4.91. The van der Waals surface area contributed by atoms with Crippen LogP contribution in [0.1, 0.15) is 18.4 Å². The van der Waals surface area contributed by atoms with Crippen LogP contribution in [0.2, 0.25) is 0 Å². The van der Waals surface area contributed by atoms with Crippen molar-refractivity contribution in [3.63, 3.8) is 0 Å². The Morgan fingerprint density at radius 1 is 1.19 bits per heavy atom. The summed E-state index contributed by atoms with van der Waals surface area (Å²) in [6.45, 7) is 3.08. The highest BCUT2D eigenvalue weighted by Gasteiger charge is 2.36. The molecule has 27 heavy (non-hydrogen) atoms.